The molecule has 0 aliphatic carbocycles. The molecule has 3 N–H and O–H groups in total. The summed E-state index contributed by atoms with van der Waals surface area (Å²) < 4.78 is 5.43. The predicted molar refractivity (Wildman–Crippen MR) is 123 cm³/mol. The number of aromatic nitrogens is 2. The molecular formula is C25H22N4O3. The van der Waals surface area contributed by atoms with Crippen molar-refractivity contribution in [3.8, 4) is 11.4 Å². The minimum atomic E-state index is -0.724. The van der Waals surface area contributed by atoms with Crippen LogP contribution >= 0.6 is 0 Å². The lowest BCUT2D eigenvalue weighted by Crippen LogP contribution is -2.49. The molecule has 7 heteroatoms. The number of rotatable bonds is 6. The Hall–Kier alpha value is -3.97. The molecule has 1 aromatic heterocycles. The molecule has 3 aromatic carbocycles. The van der Waals surface area contributed by atoms with Crippen molar-refractivity contribution in [1.29, 1.82) is 0 Å². The highest BCUT2D eigenvalue weighted by molar-refractivity contribution is 5.97. The third kappa shape index (κ3) is 3.86. The number of likely N-dealkylation sites (tertiary alicyclic amines) is 1. The van der Waals surface area contributed by atoms with E-state index in [2.05, 4.69) is 27.2 Å². The molecule has 0 spiro atoms. The first-order valence-corrected chi connectivity index (χ1v) is 10.4. The third-order valence-electron chi connectivity index (χ3n) is 5.80. The molecule has 0 bridgehead atoms. The van der Waals surface area contributed by atoms with Crippen LogP contribution in [0.2, 0.25) is 0 Å². The second kappa shape index (κ2) is 8.28. The van der Waals surface area contributed by atoms with Gasteiger partial charge in [-0.25, -0.2) is 0 Å². The Balaban J connectivity index is 1.41. The molecule has 0 amide bonds. The van der Waals surface area contributed by atoms with Crippen LogP contribution in [0.25, 0.3) is 34.3 Å². The molecule has 0 radical (unpaired) electrons. The lowest BCUT2D eigenvalue weighted by Gasteiger charge is -2.36. The van der Waals surface area contributed by atoms with E-state index in [1.54, 1.807) is 6.08 Å². The van der Waals surface area contributed by atoms with E-state index >= 15 is 0 Å². The number of carbonyl (C=O) groups is 1. The van der Waals surface area contributed by atoms with Gasteiger partial charge in [0.15, 0.2) is 0 Å². The Kier molecular flexibility index (Phi) is 5.17. The van der Waals surface area contributed by atoms with Crippen molar-refractivity contribution in [2.75, 3.05) is 18.8 Å². The zero-order valence-corrected chi connectivity index (χ0v) is 17.3. The van der Waals surface area contributed by atoms with E-state index in [0.717, 1.165) is 27.5 Å². The van der Waals surface area contributed by atoms with Crippen molar-refractivity contribution in [3.63, 3.8) is 0 Å². The minimum Gasteiger partial charge on any atom is -0.481 e. The predicted octanol–water partition coefficient (Wildman–Crippen LogP) is 4.16. The van der Waals surface area contributed by atoms with E-state index in [4.69, 9.17) is 15.4 Å². The van der Waals surface area contributed by atoms with Crippen molar-refractivity contribution in [1.82, 2.24) is 15.0 Å². The van der Waals surface area contributed by atoms with Gasteiger partial charge in [-0.3, -0.25) is 9.69 Å². The van der Waals surface area contributed by atoms with Crippen LogP contribution in [0.1, 0.15) is 17.0 Å². The zero-order chi connectivity index (χ0) is 22.1. The Bertz CT molecular complexity index is 1320. The molecule has 2 heterocycles. The fourth-order valence-electron chi connectivity index (χ4n) is 4.03. The quantitative estimate of drug-likeness (QED) is 0.446. The van der Waals surface area contributed by atoms with Gasteiger partial charge in [-0.2, -0.15) is 4.98 Å². The van der Waals surface area contributed by atoms with E-state index in [9.17, 15) is 4.79 Å². The van der Waals surface area contributed by atoms with Crippen LogP contribution < -0.4 is 5.73 Å². The smallest absolute Gasteiger partial charge is 0.309 e. The number of hydrogen-bond acceptors (Lipinski definition) is 6. The monoisotopic (exact) mass is 426 g/mol. The molecule has 4 aromatic rings. The number of fused-ring (bicyclic) bond motifs is 1. The molecule has 1 aliphatic rings. The van der Waals surface area contributed by atoms with Gasteiger partial charge in [0.2, 0.25) is 5.82 Å². The molecule has 1 fully saturated rings. The largest absolute Gasteiger partial charge is 0.481 e. The van der Waals surface area contributed by atoms with Crippen LogP contribution in [0, 0.1) is 5.92 Å². The number of para-hydroxylation sites is 1. The fraction of sp³-hybridized carbons (Fsp3) is 0.160. The third-order valence-corrected chi connectivity index (χ3v) is 5.80. The van der Waals surface area contributed by atoms with Crippen LogP contribution in [0.15, 0.2) is 65.2 Å². The lowest BCUT2D eigenvalue weighted by atomic mass is 9.95. The number of aliphatic carboxylic acids is 1. The molecule has 0 unspecified atom stereocenters. The van der Waals surface area contributed by atoms with Gasteiger partial charge in [0, 0.05) is 37.0 Å². The fourth-order valence-corrected chi connectivity index (χ4v) is 4.03. The van der Waals surface area contributed by atoms with E-state index < -0.39 is 5.97 Å². The Labute approximate surface area is 184 Å². The number of nitrogen functional groups attached to an aromatic ring is 1. The number of nitrogens with two attached hydrogens (primary N) is 1. The first-order valence-electron chi connectivity index (χ1n) is 10.4. The number of carboxylic acid groups (broad SMARTS) is 1. The summed E-state index contributed by atoms with van der Waals surface area (Å²) in [5.74, 6) is -0.0732. The summed E-state index contributed by atoms with van der Waals surface area (Å²) in [7, 11) is 0. The van der Waals surface area contributed by atoms with Crippen LogP contribution in [0.4, 0.5) is 5.69 Å². The number of nitrogens with zero attached hydrogens (tertiary/aromatic N) is 3. The molecule has 0 atom stereocenters. The Morgan fingerprint density at radius 1 is 1.06 bits per heavy atom. The molecule has 0 saturated carbocycles. The number of benzene rings is 3. The SMILES string of the molecule is Nc1ccccc1/C=C/c1nc(-c2ccc(CN3CC(C(=O)O)C3)c3ccccc23)no1. The van der Waals surface area contributed by atoms with E-state index in [-0.39, 0.29) is 5.92 Å². The Morgan fingerprint density at radius 2 is 1.81 bits per heavy atom. The van der Waals surface area contributed by atoms with Crippen LogP contribution in [-0.4, -0.2) is 39.2 Å². The molecule has 160 valence electrons. The van der Waals surface area contributed by atoms with Gasteiger partial charge < -0.3 is 15.4 Å². The average molecular weight is 426 g/mol. The maximum atomic E-state index is 11.1. The Morgan fingerprint density at radius 3 is 2.59 bits per heavy atom. The zero-order valence-electron chi connectivity index (χ0n) is 17.3. The van der Waals surface area contributed by atoms with Crippen molar-refractivity contribution in [3.05, 3.63) is 77.7 Å². The normalized spacial score (nSPS) is 14.8. The topological polar surface area (TPSA) is 105 Å². The molecular weight excluding hydrogens is 404 g/mol. The second-order valence-corrected chi connectivity index (χ2v) is 7.97. The summed E-state index contributed by atoms with van der Waals surface area (Å²) in [5, 5.41) is 15.4. The lowest BCUT2D eigenvalue weighted by molar-refractivity contribution is -0.147. The molecule has 1 saturated heterocycles. The van der Waals surface area contributed by atoms with Crippen LogP contribution in [0.5, 0.6) is 0 Å². The number of anilines is 1. The standard InChI is InChI=1S/C25H22N4O3/c26-22-8-4-1-5-16(22)10-12-23-27-24(28-32-23)21-11-9-17(19-6-2-3-7-20(19)21)13-29-14-18(15-29)25(30)31/h1-12,18H,13-15,26H2,(H,30,31)/b12-10+. The highest BCUT2D eigenvalue weighted by atomic mass is 16.5. The first kappa shape index (κ1) is 20.0. The van der Waals surface area contributed by atoms with E-state index in [1.807, 2.05) is 54.6 Å². The summed E-state index contributed by atoms with van der Waals surface area (Å²) in [6, 6.07) is 19.7. The van der Waals surface area contributed by atoms with Crippen molar-refractivity contribution in [2.45, 2.75) is 6.54 Å². The summed E-state index contributed by atoms with van der Waals surface area (Å²) >= 11 is 0. The van der Waals surface area contributed by atoms with Gasteiger partial charge in [-0.1, -0.05) is 59.8 Å². The van der Waals surface area contributed by atoms with Crippen molar-refractivity contribution >= 4 is 34.6 Å². The van der Waals surface area contributed by atoms with Crippen LogP contribution in [-0.2, 0) is 11.3 Å². The molecule has 5 rings (SSSR count). The molecule has 1 aliphatic heterocycles. The summed E-state index contributed by atoms with van der Waals surface area (Å²) in [5.41, 5.74) is 9.58. The van der Waals surface area contributed by atoms with Crippen LogP contribution in [0.3, 0.4) is 0 Å². The highest BCUT2D eigenvalue weighted by Crippen LogP contribution is 2.31. The first-order chi connectivity index (χ1) is 15.6. The summed E-state index contributed by atoms with van der Waals surface area (Å²) in [6.45, 7) is 1.87. The highest BCUT2D eigenvalue weighted by Gasteiger charge is 2.32. The molecule has 32 heavy (non-hydrogen) atoms. The number of hydrogen-bond donors (Lipinski definition) is 2. The second-order valence-electron chi connectivity index (χ2n) is 7.97. The summed E-state index contributed by atoms with van der Waals surface area (Å²) in [4.78, 5) is 17.8. The summed E-state index contributed by atoms with van der Waals surface area (Å²) in [6.07, 6.45) is 3.60. The maximum absolute atomic E-state index is 11.1. The van der Waals surface area contributed by atoms with Crippen molar-refractivity contribution in [2.24, 2.45) is 5.92 Å². The van der Waals surface area contributed by atoms with E-state index in [1.165, 1.54) is 0 Å². The van der Waals surface area contributed by atoms with Gasteiger partial charge >= 0.3 is 5.97 Å². The van der Waals surface area contributed by atoms with Gasteiger partial charge in [-0.15, -0.1) is 0 Å². The average Bonchev–Trinajstić information content (AvgIpc) is 3.24. The minimum absolute atomic E-state index is 0.266. The van der Waals surface area contributed by atoms with Gasteiger partial charge in [0.25, 0.3) is 5.89 Å². The van der Waals surface area contributed by atoms with Gasteiger partial charge in [0.1, 0.15) is 0 Å². The van der Waals surface area contributed by atoms with E-state index in [0.29, 0.717) is 37.0 Å². The number of carboxylic acids is 1. The maximum Gasteiger partial charge on any atom is 0.309 e. The van der Waals surface area contributed by atoms with Gasteiger partial charge in [-0.05, 0) is 34.0 Å². The van der Waals surface area contributed by atoms with Crippen molar-refractivity contribution < 1.29 is 14.4 Å². The molecule has 7 nitrogen and oxygen atoms in total. The van der Waals surface area contributed by atoms with Gasteiger partial charge in [0.05, 0.1) is 5.92 Å².